The minimum atomic E-state index is 0.822. The van der Waals surface area contributed by atoms with Crippen LogP contribution in [0.1, 0.15) is 19.0 Å². The first-order valence-electron chi connectivity index (χ1n) is 6.14. The maximum absolute atomic E-state index is 6.11. The topological polar surface area (TPSA) is 50.3 Å². The quantitative estimate of drug-likeness (QED) is 0.803. The van der Waals surface area contributed by atoms with E-state index in [1.165, 1.54) is 0 Å². The number of hydrogen-bond donors (Lipinski definition) is 1. The van der Waals surface area contributed by atoms with Gasteiger partial charge < -0.3 is 15.5 Å². The zero-order valence-electron chi connectivity index (χ0n) is 11.7. The van der Waals surface area contributed by atoms with E-state index in [2.05, 4.69) is 43.0 Å². The first-order chi connectivity index (χ1) is 7.97. The van der Waals surface area contributed by atoms with Crippen LogP contribution in [0.15, 0.2) is 0 Å². The van der Waals surface area contributed by atoms with E-state index in [0.717, 1.165) is 43.1 Å². The first-order valence-corrected chi connectivity index (χ1v) is 6.14. The molecule has 0 aliphatic carbocycles. The fourth-order valence-electron chi connectivity index (χ4n) is 2.03. The molecule has 0 aliphatic heterocycles. The molecule has 0 saturated heterocycles. The van der Waals surface area contributed by atoms with E-state index in [1.54, 1.807) is 0 Å². The second-order valence-corrected chi connectivity index (χ2v) is 4.74. The van der Waals surface area contributed by atoms with Crippen LogP contribution in [0.4, 0.5) is 11.5 Å². The zero-order chi connectivity index (χ0) is 13.0. The summed E-state index contributed by atoms with van der Waals surface area (Å²) in [7, 11) is 8.21. The van der Waals surface area contributed by atoms with Gasteiger partial charge in [0.25, 0.3) is 0 Å². The van der Waals surface area contributed by atoms with E-state index in [0.29, 0.717) is 0 Å². The van der Waals surface area contributed by atoms with Crippen LogP contribution in [-0.4, -0.2) is 48.9 Å². The van der Waals surface area contributed by atoms with Gasteiger partial charge in [-0.2, -0.15) is 5.10 Å². The van der Waals surface area contributed by atoms with Crippen LogP contribution in [-0.2, 0) is 13.5 Å². The standard InChI is InChI=1S/C12H25N5/c1-6-10-11(13)12(17(5)14-10)16(4)9-7-8-15(2)3/h6-9,13H2,1-5H3. The number of nitrogens with two attached hydrogens (primary N) is 1. The third-order valence-electron chi connectivity index (χ3n) is 2.92. The normalized spacial score (nSPS) is 11.2. The maximum Gasteiger partial charge on any atom is 0.150 e. The van der Waals surface area contributed by atoms with Crippen molar-refractivity contribution in [3.8, 4) is 0 Å². The van der Waals surface area contributed by atoms with Gasteiger partial charge >= 0.3 is 0 Å². The van der Waals surface area contributed by atoms with Crippen LogP contribution >= 0.6 is 0 Å². The monoisotopic (exact) mass is 239 g/mol. The van der Waals surface area contributed by atoms with Crippen molar-refractivity contribution in [3.05, 3.63) is 5.69 Å². The predicted molar refractivity (Wildman–Crippen MR) is 73.4 cm³/mol. The molecule has 17 heavy (non-hydrogen) atoms. The minimum Gasteiger partial charge on any atom is -0.394 e. The summed E-state index contributed by atoms with van der Waals surface area (Å²) >= 11 is 0. The fourth-order valence-corrected chi connectivity index (χ4v) is 2.03. The maximum atomic E-state index is 6.11. The molecule has 0 unspecified atom stereocenters. The number of hydrogen-bond acceptors (Lipinski definition) is 4. The molecule has 5 nitrogen and oxygen atoms in total. The Kier molecular flexibility index (Phi) is 4.81. The van der Waals surface area contributed by atoms with E-state index in [1.807, 2.05) is 11.7 Å². The third kappa shape index (κ3) is 3.36. The average molecular weight is 239 g/mol. The summed E-state index contributed by atoms with van der Waals surface area (Å²) in [6, 6.07) is 0. The summed E-state index contributed by atoms with van der Waals surface area (Å²) in [5.41, 5.74) is 7.92. The van der Waals surface area contributed by atoms with Gasteiger partial charge in [-0.1, -0.05) is 6.92 Å². The van der Waals surface area contributed by atoms with Gasteiger partial charge in [0.2, 0.25) is 0 Å². The SMILES string of the molecule is CCc1nn(C)c(N(C)CCCN(C)C)c1N. The lowest BCUT2D eigenvalue weighted by atomic mass is 10.3. The van der Waals surface area contributed by atoms with Crippen molar-refractivity contribution in [1.29, 1.82) is 0 Å². The van der Waals surface area contributed by atoms with Gasteiger partial charge in [0.15, 0.2) is 0 Å². The van der Waals surface area contributed by atoms with Crippen molar-refractivity contribution < 1.29 is 0 Å². The molecule has 1 aromatic rings. The molecule has 2 N–H and O–H groups in total. The molecule has 0 aromatic carbocycles. The Morgan fingerprint density at radius 1 is 1.24 bits per heavy atom. The Morgan fingerprint density at radius 3 is 2.35 bits per heavy atom. The highest BCUT2D eigenvalue weighted by molar-refractivity contribution is 5.66. The van der Waals surface area contributed by atoms with E-state index in [9.17, 15) is 0 Å². The van der Waals surface area contributed by atoms with Gasteiger partial charge in [-0.3, -0.25) is 4.68 Å². The van der Waals surface area contributed by atoms with Crippen LogP contribution in [0.3, 0.4) is 0 Å². The highest BCUT2D eigenvalue weighted by Crippen LogP contribution is 2.25. The van der Waals surface area contributed by atoms with Crippen molar-refractivity contribution in [1.82, 2.24) is 14.7 Å². The molecule has 1 heterocycles. The highest BCUT2D eigenvalue weighted by atomic mass is 15.4. The van der Waals surface area contributed by atoms with Gasteiger partial charge in [0, 0.05) is 20.6 Å². The van der Waals surface area contributed by atoms with E-state index in [-0.39, 0.29) is 0 Å². The third-order valence-corrected chi connectivity index (χ3v) is 2.92. The predicted octanol–water partition coefficient (Wildman–Crippen LogP) is 0.953. The summed E-state index contributed by atoms with van der Waals surface area (Å²) in [6.45, 7) is 4.16. The van der Waals surface area contributed by atoms with Gasteiger partial charge in [0.1, 0.15) is 5.82 Å². The number of nitrogen functional groups attached to an aromatic ring is 1. The molecule has 0 saturated carbocycles. The van der Waals surface area contributed by atoms with Crippen LogP contribution in [0, 0.1) is 0 Å². The largest absolute Gasteiger partial charge is 0.394 e. The molecule has 0 atom stereocenters. The lowest BCUT2D eigenvalue weighted by molar-refractivity contribution is 0.401. The Bertz CT molecular complexity index is 356. The number of nitrogens with zero attached hydrogens (tertiary/aromatic N) is 4. The molecule has 0 radical (unpaired) electrons. The molecule has 0 amide bonds. The number of anilines is 2. The van der Waals surface area contributed by atoms with E-state index in [4.69, 9.17) is 5.73 Å². The summed E-state index contributed by atoms with van der Waals surface area (Å²) < 4.78 is 1.88. The average Bonchev–Trinajstić information content (AvgIpc) is 2.53. The second kappa shape index (κ2) is 5.91. The number of rotatable bonds is 6. The minimum absolute atomic E-state index is 0.822. The summed E-state index contributed by atoms with van der Waals surface area (Å²) in [5.74, 6) is 1.03. The van der Waals surface area contributed by atoms with Crippen molar-refractivity contribution in [2.45, 2.75) is 19.8 Å². The van der Waals surface area contributed by atoms with E-state index < -0.39 is 0 Å². The van der Waals surface area contributed by atoms with Gasteiger partial charge in [-0.15, -0.1) is 0 Å². The molecule has 0 fully saturated rings. The smallest absolute Gasteiger partial charge is 0.150 e. The second-order valence-electron chi connectivity index (χ2n) is 4.74. The Hall–Kier alpha value is -1.23. The Balaban J connectivity index is 2.68. The van der Waals surface area contributed by atoms with Gasteiger partial charge in [-0.05, 0) is 33.5 Å². The number of aryl methyl sites for hydroxylation is 2. The van der Waals surface area contributed by atoms with Crippen molar-refractivity contribution in [2.75, 3.05) is 44.9 Å². The summed E-state index contributed by atoms with van der Waals surface area (Å²) in [4.78, 5) is 4.38. The van der Waals surface area contributed by atoms with Crippen LogP contribution in [0.2, 0.25) is 0 Å². The molecule has 5 heteroatoms. The summed E-state index contributed by atoms with van der Waals surface area (Å²) in [6.07, 6.45) is 2.00. The molecule has 0 aliphatic rings. The molecule has 98 valence electrons. The Morgan fingerprint density at radius 2 is 1.88 bits per heavy atom. The first kappa shape index (κ1) is 13.8. The molecule has 1 aromatic heterocycles. The zero-order valence-corrected chi connectivity index (χ0v) is 11.7. The van der Waals surface area contributed by atoms with Gasteiger partial charge in [-0.25, -0.2) is 0 Å². The molecule has 0 bridgehead atoms. The van der Waals surface area contributed by atoms with E-state index >= 15 is 0 Å². The fraction of sp³-hybridized carbons (Fsp3) is 0.750. The lowest BCUT2D eigenvalue weighted by Gasteiger charge is -2.21. The van der Waals surface area contributed by atoms with Crippen LogP contribution < -0.4 is 10.6 Å². The summed E-state index contributed by atoms with van der Waals surface area (Å²) in [5, 5.41) is 4.43. The van der Waals surface area contributed by atoms with Crippen molar-refractivity contribution >= 4 is 11.5 Å². The Labute approximate surface area is 104 Å². The van der Waals surface area contributed by atoms with Crippen molar-refractivity contribution in [2.24, 2.45) is 7.05 Å². The van der Waals surface area contributed by atoms with Crippen LogP contribution in [0.25, 0.3) is 0 Å². The molecule has 0 spiro atoms. The number of aromatic nitrogens is 2. The molecular weight excluding hydrogens is 214 g/mol. The van der Waals surface area contributed by atoms with Crippen molar-refractivity contribution in [3.63, 3.8) is 0 Å². The van der Waals surface area contributed by atoms with Crippen LogP contribution in [0.5, 0.6) is 0 Å². The lowest BCUT2D eigenvalue weighted by Crippen LogP contribution is -2.25. The molecule has 1 rings (SSSR count). The highest BCUT2D eigenvalue weighted by Gasteiger charge is 2.15. The van der Waals surface area contributed by atoms with Gasteiger partial charge in [0.05, 0.1) is 11.4 Å². The molecular formula is C12H25N5.